The number of hydrogen-bond acceptors (Lipinski definition) is 2. The molecule has 0 aliphatic rings. The lowest BCUT2D eigenvalue weighted by atomic mass is 10.1. The fourth-order valence-corrected chi connectivity index (χ4v) is 0.960. The van der Waals surface area contributed by atoms with E-state index in [9.17, 15) is 0 Å². The molecule has 2 nitrogen and oxygen atoms in total. The summed E-state index contributed by atoms with van der Waals surface area (Å²) in [6.07, 6.45) is 2.22. The molecule has 1 heterocycles. The molecule has 1 unspecified atom stereocenters. The zero-order valence-electron chi connectivity index (χ0n) is 6.91. The molecule has 60 valence electrons. The van der Waals surface area contributed by atoms with Crippen molar-refractivity contribution in [2.45, 2.75) is 26.4 Å². The summed E-state index contributed by atoms with van der Waals surface area (Å²) in [7, 11) is 0. The van der Waals surface area contributed by atoms with E-state index >= 15 is 0 Å². The van der Waals surface area contributed by atoms with Gasteiger partial charge in [0.05, 0.1) is 6.10 Å². The van der Waals surface area contributed by atoms with Crippen molar-refractivity contribution >= 4 is 0 Å². The summed E-state index contributed by atoms with van der Waals surface area (Å²) in [5.74, 6) is 0. The molecule has 0 fully saturated rings. The average molecular weight is 151 g/mol. The Morgan fingerprint density at radius 2 is 2.27 bits per heavy atom. The molecule has 0 spiro atoms. The van der Waals surface area contributed by atoms with E-state index in [1.807, 2.05) is 25.3 Å². The Balaban J connectivity index is 2.66. The van der Waals surface area contributed by atoms with Gasteiger partial charge in [-0.1, -0.05) is 6.07 Å². The third-order valence-electron chi connectivity index (χ3n) is 1.50. The fraction of sp³-hybridized carbons (Fsp3) is 0.444. The predicted octanol–water partition coefficient (Wildman–Crippen LogP) is 1.31. The first kappa shape index (κ1) is 8.21. The Hall–Kier alpha value is -0.890. The molecule has 0 aromatic carbocycles. The van der Waals surface area contributed by atoms with Gasteiger partial charge in [-0.2, -0.15) is 0 Å². The Bertz CT molecular complexity index is 216. The number of hydrogen-bond donors (Lipinski definition) is 1. The first-order chi connectivity index (χ1) is 5.18. The molecule has 0 radical (unpaired) electrons. The smallest absolute Gasteiger partial charge is 0.0553 e. The number of aliphatic hydroxyl groups is 1. The minimum atomic E-state index is -0.278. The van der Waals surface area contributed by atoms with Gasteiger partial charge in [0.1, 0.15) is 0 Å². The van der Waals surface area contributed by atoms with Crippen molar-refractivity contribution in [1.82, 2.24) is 4.98 Å². The van der Waals surface area contributed by atoms with Crippen LogP contribution in [-0.2, 0) is 6.42 Å². The van der Waals surface area contributed by atoms with E-state index < -0.39 is 0 Å². The first-order valence-corrected chi connectivity index (χ1v) is 3.78. The summed E-state index contributed by atoms with van der Waals surface area (Å²) in [5.41, 5.74) is 2.10. The van der Waals surface area contributed by atoms with Gasteiger partial charge in [-0.25, -0.2) is 0 Å². The Labute approximate surface area is 66.9 Å². The second-order valence-electron chi connectivity index (χ2n) is 2.86. The van der Waals surface area contributed by atoms with E-state index in [1.54, 1.807) is 6.92 Å². The third-order valence-corrected chi connectivity index (χ3v) is 1.50. The minimum Gasteiger partial charge on any atom is -0.393 e. The summed E-state index contributed by atoms with van der Waals surface area (Å²) in [5, 5.41) is 9.05. The van der Waals surface area contributed by atoms with Gasteiger partial charge >= 0.3 is 0 Å². The molecular weight excluding hydrogens is 138 g/mol. The van der Waals surface area contributed by atoms with Crippen LogP contribution >= 0.6 is 0 Å². The number of nitrogens with zero attached hydrogens (tertiary/aromatic N) is 1. The molecule has 0 amide bonds. The number of aliphatic hydroxyl groups excluding tert-OH is 1. The van der Waals surface area contributed by atoms with Crippen LogP contribution in [0.4, 0.5) is 0 Å². The zero-order valence-corrected chi connectivity index (χ0v) is 6.91. The Morgan fingerprint density at radius 3 is 2.73 bits per heavy atom. The monoisotopic (exact) mass is 151 g/mol. The van der Waals surface area contributed by atoms with Gasteiger partial charge < -0.3 is 5.11 Å². The molecule has 1 aromatic heterocycles. The minimum absolute atomic E-state index is 0.278. The van der Waals surface area contributed by atoms with Gasteiger partial charge in [-0.15, -0.1) is 0 Å². The van der Waals surface area contributed by atoms with Crippen LogP contribution in [0.5, 0.6) is 0 Å². The molecule has 0 bridgehead atoms. The maximum absolute atomic E-state index is 9.05. The molecule has 11 heavy (non-hydrogen) atoms. The van der Waals surface area contributed by atoms with Gasteiger partial charge in [-0.05, 0) is 31.9 Å². The SMILES string of the molecule is Cc1ccc(CC(C)O)cn1. The summed E-state index contributed by atoms with van der Waals surface area (Å²) in [6, 6.07) is 3.95. The Kier molecular flexibility index (Phi) is 2.60. The van der Waals surface area contributed by atoms with E-state index in [2.05, 4.69) is 4.98 Å². The number of rotatable bonds is 2. The molecule has 0 saturated heterocycles. The van der Waals surface area contributed by atoms with Crippen LogP contribution in [0.2, 0.25) is 0 Å². The van der Waals surface area contributed by atoms with Gasteiger partial charge in [-0.3, -0.25) is 4.98 Å². The molecule has 2 heteroatoms. The van der Waals surface area contributed by atoms with Crippen molar-refractivity contribution in [2.24, 2.45) is 0 Å². The number of aryl methyl sites for hydroxylation is 1. The van der Waals surface area contributed by atoms with Gasteiger partial charge in [0.15, 0.2) is 0 Å². The maximum Gasteiger partial charge on any atom is 0.0553 e. The highest BCUT2D eigenvalue weighted by atomic mass is 16.3. The van der Waals surface area contributed by atoms with Crippen LogP contribution in [0.25, 0.3) is 0 Å². The van der Waals surface area contributed by atoms with Crippen LogP contribution < -0.4 is 0 Å². The Morgan fingerprint density at radius 1 is 1.55 bits per heavy atom. The van der Waals surface area contributed by atoms with Crippen molar-refractivity contribution in [3.05, 3.63) is 29.6 Å². The molecule has 0 aliphatic carbocycles. The molecule has 0 saturated carbocycles. The molecule has 1 atom stereocenters. The highest BCUT2D eigenvalue weighted by Crippen LogP contribution is 2.02. The van der Waals surface area contributed by atoms with Crippen molar-refractivity contribution in [3.8, 4) is 0 Å². The first-order valence-electron chi connectivity index (χ1n) is 3.78. The summed E-state index contributed by atoms with van der Waals surface area (Å²) in [6.45, 7) is 3.73. The van der Waals surface area contributed by atoms with E-state index in [1.165, 1.54) is 0 Å². The normalized spacial score (nSPS) is 13.0. The van der Waals surface area contributed by atoms with Crippen molar-refractivity contribution in [3.63, 3.8) is 0 Å². The number of aromatic nitrogens is 1. The largest absolute Gasteiger partial charge is 0.393 e. The van der Waals surface area contributed by atoms with E-state index in [4.69, 9.17) is 5.11 Å². The lowest BCUT2D eigenvalue weighted by Crippen LogP contribution is -2.04. The predicted molar refractivity (Wildman–Crippen MR) is 44.4 cm³/mol. The highest BCUT2D eigenvalue weighted by Gasteiger charge is 1.97. The second-order valence-corrected chi connectivity index (χ2v) is 2.86. The lowest BCUT2D eigenvalue weighted by Gasteiger charge is -2.02. The van der Waals surface area contributed by atoms with Crippen molar-refractivity contribution in [1.29, 1.82) is 0 Å². The third kappa shape index (κ3) is 2.68. The topological polar surface area (TPSA) is 33.1 Å². The lowest BCUT2D eigenvalue weighted by molar-refractivity contribution is 0.195. The highest BCUT2D eigenvalue weighted by molar-refractivity contribution is 5.13. The molecule has 1 N–H and O–H groups in total. The van der Waals surface area contributed by atoms with Crippen LogP contribution in [0.3, 0.4) is 0 Å². The van der Waals surface area contributed by atoms with Gasteiger partial charge in [0.2, 0.25) is 0 Å². The summed E-state index contributed by atoms with van der Waals surface area (Å²) < 4.78 is 0. The van der Waals surface area contributed by atoms with E-state index in [-0.39, 0.29) is 6.10 Å². The molecule has 1 aromatic rings. The molecule has 0 aliphatic heterocycles. The number of pyridine rings is 1. The maximum atomic E-state index is 9.05. The van der Waals surface area contributed by atoms with Crippen LogP contribution in [0.15, 0.2) is 18.3 Å². The van der Waals surface area contributed by atoms with E-state index in [0.717, 1.165) is 11.3 Å². The van der Waals surface area contributed by atoms with Crippen molar-refractivity contribution < 1.29 is 5.11 Å². The zero-order chi connectivity index (χ0) is 8.27. The van der Waals surface area contributed by atoms with Gasteiger partial charge in [0, 0.05) is 11.9 Å². The van der Waals surface area contributed by atoms with Crippen LogP contribution in [0, 0.1) is 6.92 Å². The van der Waals surface area contributed by atoms with Crippen LogP contribution in [-0.4, -0.2) is 16.2 Å². The summed E-state index contributed by atoms with van der Waals surface area (Å²) >= 11 is 0. The van der Waals surface area contributed by atoms with Crippen molar-refractivity contribution in [2.75, 3.05) is 0 Å². The fourth-order valence-electron chi connectivity index (χ4n) is 0.960. The van der Waals surface area contributed by atoms with Crippen LogP contribution in [0.1, 0.15) is 18.2 Å². The van der Waals surface area contributed by atoms with E-state index in [0.29, 0.717) is 6.42 Å². The average Bonchev–Trinajstić information content (AvgIpc) is 1.93. The summed E-state index contributed by atoms with van der Waals surface area (Å²) in [4.78, 5) is 4.12. The quantitative estimate of drug-likeness (QED) is 0.691. The van der Waals surface area contributed by atoms with Gasteiger partial charge in [0.25, 0.3) is 0 Å². The molecule has 1 rings (SSSR count). The standard InChI is InChI=1S/C9H13NO/c1-7-3-4-9(6-10-7)5-8(2)11/h3-4,6,8,11H,5H2,1-2H3. The second kappa shape index (κ2) is 3.49. The molecular formula is C9H13NO.